The molecule has 3 amide bonds. The minimum absolute atomic E-state index is 0.00205. The van der Waals surface area contributed by atoms with Gasteiger partial charge in [-0.2, -0.15) is 12.7 Å². The number of rotatable bonds is 7. The van der Waals surface area contributed by atoms with E-state index in [1.165, 1.54) is 19.0 Å². The fourth-order valence-electron chi connectivity index (χ4n) is 7.61. The van der Waals surface area contributed by atoms with Gasteiger partial charge in [0.25, 0.3) is 0 Å². The van der Waals surface area contributed by atoms with Gasteiger partial charge in [0.2, 0.25) is 17.1 Å². The topological polar surface area (TPSA) is 193 Å². The molecule has 330 valence electrons. The summed E-state index contributed by atoms with van der Waals surface area (Å²) in [7, 11) is -1.47. The molecular weight excluding hydrogens is 830 g/mol. The standard InChI is InChI=1S/C26H42N4O8S.C16H18ClN3S/c1-25(2,3)38-24(35)27-19-12-10-8-6-7-9-11-17-14-26(17,23(34)28-39(36,37)29(4)5)15-21(32)20-13-18(31)16-30(20)22(19)33;1-9(2)12-8-21-15(18-12)11-6-5-7-13-14(11)19-16(17)20(13)10(3)4/h9,11,17-20,31H,6-8,10,12-16H2,1-5H3,(H,27,35)(H,28,34);5-10H,1-4H3/b11-9-;/t17-,18-,19+,20+,26-;/m1./s1. The van der Waals surface area contributed by atoms with E-state index in [0.29, 0.717) is 30.5 Å². The van der Waals surface area contributed by atoms with Crippen LogP contribution < -0.4 is 10.0 Å². The third-order valence-electron chi connectivity index (χ3n) is 11.0. The molecule has 18 heteroatoms. The summed E-state index contributed by atoms with van der Waals surface area (Å²) in [6.07, 6.45) is 5.44. The zero-order valence-corrected chi connectivity index (χ0v) is 38.4. The lowest BCUT2D eigenvalue weighted by atomic mass is 9.91. The minimum Gasteiger partial charge on any atom is -0.444 e. The maximum Gasteiger partial charge on any atom is 0.408 e. The summed E-state index contributed by atoms with van der Waals surface area (Å²) in [5, 5.41) is 16.7. The number of nitrogens with one attached hydrogen (secondary N) is 2. The molecule has 6 rings (SSSR count). The molecule has 1 aromatic carbocycles. The first-order chi connectivity index (χ1) is 28.0. The lowest BCUT2D eigenvalue weighted by Crippen LogP contribution is -2.53. The van der Waals surface area contributed by atoms with Crippen LogP contribution in [-0.2, 0) is 29.3 Å². The van der Waals surface area contributed by atoms with Gasteiger partial charge in [0.15, 0.2) is 5.78 Å². The highest BCUT2D eigenvalue weighted by molar-refractivity contribution is 7.87. The van der Waals surface area contributed by atoms with E-state index in [9.17, 15) is 32.7 Å². The fourth-order valence-corrected chi connectivity index (χ4v) is 9.61. The lowest BCUT2D eigenvalue weighted by molar-refractivity contribution is -0.140. The normalized spacial score (nSPS) is 24.6. The molecule has 2 aromatic heterocycles. The molecule has 1 saturated carbocycles. The van der Waals surface area contributed by atoms with E-state index in [1.54, 1.807) is 32.1 Å². The second-order valence-electron chi connectivity index (χ2n) is 17.7. The predicted octanol–water partition coefficient (Wildman–Crippen LogP) is 6.77. The Balaban J connectivity index is 0.000000271. The number of halogens is 1. The Morgan fingerprint density at radius 3 is 2.45 bits per heavy atom. The Bertz CT molecular complexity index is 2200. The molecule has 4 heterocycles. The molecule has 1 saturated heterocycles. The van der Waals surface area contributed by atoms with Crippen LogP contribution in [-0.4, -0.2) is 105 Å². The van der Waals surface area contributed by atoms with Crippen molar-refractivity contribution in [3.05, 3.63) is 46.7 Å². The molecule has 5 atom stereocenters. The number of para-hydroxylation sites is 1. The highest BCUT2D eigenvalue weighted by atomic mass is 35.5. The van der Waals surface area contributed by atoms with Crippen LogP contribution in [0.15, 0.2) is 35.7 Å². The number of ketones is 1. The summed E-state index contributed by atoms with van der Waals surface area (Å²) >= 11 is 7.98. The molecule has 0 unspecified atom stereocenters. The summed E-state index contributed by atoms with van der Waals surface area (Å²) < 4.78 is 35.1. The van der Waals surface area contributed by atoms with Crippen LogP contribution in [0.1, 0.15) is 117 Å². The van der Waals surface area contributed by atoms with Crippen molar-refractivity contribution in [1.29, 1.82) is 0 Å². The molecule has 15 nitrogen and oxygen atoms in total. The van der Waals surface area contributed by atoms with Gasteiger partial charge in [0.05, 0.1) is 28.8 Å². The fraction of sp³-hybridized carbons (Fsp3) is 0.619. The molecular formula is C42H60ClN7O8S2. The van der Waals surface area contributed by atoms with Gasteiger partial charge in [-0.1, -0.05) is 44.9 Å². The number of amides is 3. The zero-order chi connectivity index (χ0) is 44.3. The number of aliphatic hydroxyl groups is 1. The van der Waals surface area contributed by atoms with Gasteiger partial charge >= 0.3 is 16.3 Å². The van der Waals surface area contributed by atoms with E-state index in [4.69, 9.17) is 21.3 Å². The Kier molecular flexibility index (Phi) is 14.9. The molecule has 3 aliphatic rings. The van der Waals surface area contributed by atoms with Crippen LogP contribution in [0.5, 0.6) is 0 Å². The largest absolute Gasteiger partial charge is 0.444 e. The number of imidazole rings is 1. The summed E-state index contributed by atoms with van der Waals surface area (Å²) in [6.45, 7) is 13.6. The third-order valence-corrected chi connectivity index (χ3v) is 13.5. The number of nitrogens with zero attached hydrogens (tertiary/aromatic N) is 5. The number of hydrogen-bond donors (Lipinski definition) is 3. The number of aliphatic hydroxyl groups excluding tert-OH is 1. The first-order valence-corrected chi connectivity index (χ1v) is 23.3. The molecule has 2 aliphatic heterocycles. The number of fused-ring (bicyclic) bond motifs is 3. The summed E-state index contributed by atoms with van der Waals surface area (Å²) in [6, 6.07) is 4.51. The maximum atomic E-state index is 13.6. The number of benzene rings is 1. The Labute approximate surface area is 362 Å². The minimum atomic E-state index is -4.07. The van der Waals surface area contributed by atoms with Crippen molar-refractivity contribution in [1.82, 2.24) is 33.8 Å². The second-order valence-corrected chi connectivity index (χ2v) is 20.8. The maximum absolute atomic E-state index is 13.6. The molecule has 1 aliphatic carbocycles. The number of thiazole rings is 1. The van der Waals surface area contributed by atoms with Gasteiger partial charge in [0, 0.05) is 50.5 Å². The van der Waals surface area contributed by atoms with Crippen LogP contribution in [0.3, 0.4) is 0 Å². The lowest BCUT2D eigenvalue weighted by Gasteiger charge is -2.30. The molecule has 60 heavy (non-hydrogen) atoms. The predicted molar refractivity (Wildman–Crippen MR) is 233 cm³/mol. The summed E-state index contributed by atoms with van der Waals surface area (Å²) in [5.74, 6) is -1.57. The van der Waals surface area contributed by atoms with Crippen LogP contribution >= 0.6 is 22.9 Å². The van der Waals surface area contributed by atoms with Crippen molar-refractivity contribution >= 4 is 67.9 Å². The van der Waals surface area contributed by atoms with Crippen molar-refractivity contribution in [2.75, 3.05) is 20.6 Å². The Morgan fingerprint density at radius 1 is 1.10 bits per heavy atom. The summed E-state index contributed by atoms with van der Waals surface area (Å²) in [4.78, 5) is 63.6. The summed E-state index contributed by atoms with van der Waals surface area (Å²) in [5.41, 5.74) is 2.16. The van der Waals surface area contributed by atoms with E-state index in [2.05, 4.69) is 64.8 Å². The second kappa shape index (κ2) is 19.0. The van der Waals surface area contributed by atoms with E-state index in [0.717, 1.165) is 50.9 Å². The number of Topliss-reactive ketones (excluding diaryl/α,β-unsaturated/α-hetero) is 1. The van der Waals surface area contributed by atoms with Gasteiger partial charge in [-0.05, 0) is 95.9 Å². The Morgan fingerprint density at radius 2 is 1.82 bits per heavy atom. The highest BCUT2D eigenvalue weighted by Gasteiger charge is 2.61. The number of aromatic nitrogens is 3. The van der Waals surface area contributed by atoms with Gasteiger partial charge in [-0.15, -0.1) is 11.3 Å². The van der Waals surface area contributed by atoms with E-state index < -0.39 is 63.1 Å². The molecule has 2 fully saturated rings. The van der Waals surface area contributed by atoms with Crippen molar-refractivity contribution in [3.63, 3.8) is 0 Å². The Hall–Kier alpha value is -3.90. The van der Waals surface area contributed by atoms with Crippen molar-refractivity contribution in [2.24, 2.45) is 11.3 Å². The number of carbonyl (C=O) groups is 4. The quantitative estimate of drug-likeness (QED) is 0.213. The van der Waals surface area contributed by atoms with Gasteiger partial charge in [0.1, 0.15) is 22.2 Å². The van der Waals surface area contributed by atoms with E-state index >= 15 is 0 Å². The zero-order valence-electron chi connectivity index (χ0n) is 36.0. The number of allylic oxidation sites excluding steroid dienone is 2. The highest BCUT2D eigenvalue weighted by Crippen LogP contribution is 2.57. The van der Waals surface area contributed by atoms with Crippen molar-refractivity contribution < 1.29 is 37.4 Å². The van der Waals surface area contributed by atoms with Crippen LogP contribution in [0, 0.1) is 11.3 Å². The molecule has 0 spiro atoms. The monoisotopic (exact) mass is 889 g/mol. The SMILES string of the molecule is CC(C)c1csc(-c2cccc3c2nc(Cl)n3C(C)C)n1.CN(C)S(=O)(=O)NC(=O)[C@]12CC(=O)[C@@H]3C[C@@H](O)CN3C(=O)[C@@H](NC(=O)OC(C)(C)C)CCCCC/C=C\[C@@H]1C2. The number of carbonyl (C=O) groups excluding carboxylic acids is 4. The first kappa shape index (κ1) is 47.2. The molecule has 3 N–H and O–H groups in total. The van der Waals surface area contributed by atoms with Crippen LogP contribution in [0.2, 0.25) is 5.28 Å². The van der Waals surface area contributed by atoms with Gasteiger partial charge < -0.3 is 24.6 Å². The van der Waals surface area contributed by atoms with Crippen LogP contribution in [0.4, 0.5) is 4.79 Å². The van der Waals surface area contributed by atoms with E-state index in [1.807, 2.05) is 18.2 Å². The van der Waals surface area contributed by atoms with Crippen molar-refractivity contribution in [2.45, 2.75) is 136 Å². The average molecular weight is 891 g/mol. The molecule has 0 radical (unpaired) electrons. The van der Waals surface area contributed by atoms with Crippen molar-refractivity contribution in [3.8, 4) is 10.6 Å². The molecule has 3 aromatic rings. The van der Waals surface area contributed by atoms with Crippen LogP contribution in [0.25, 0.3) is 21.6 Å². The number of ether oxygens (including phenoxy) is 1. The first-order valence-electron chi connectivity index (χ1n) is 20.6. The smallest absolute Gasteiger partial charge is 0.408 e. The molecule has 0 bridgehead atoms. The van der Waals surface area contributed by atoms with Gasteiger partial charge in [-0.25, -0.2) is 19.5 Å². The third kappa shape index (κ3) is 11.1. The number of alkyl carbamates (subject to hydrolysis) is 1. The average Bonchev–Trinajstić information content (AvgIpc) is 3.47. The van der Waals surface area contributed by atoms with Gasteiger partial charge in [-0.3, -0.25) is 14.4 Å². The van der Waals surface area contributed by atoms with E-state index in [-0.39, 0.29) is 31.3 Å². The number of hydrogen-bond acceptors (Lipinski definition) is 11.